The molecule has 1 aromatic carbocycles. The van der Waals surface area contributed by atoms with Crippen LogP contribution in [0.1, 0.15) is 45.3 Å². The van der Waals surface area contributed by atoms with Crippen LogP contribution in [0.25, 0.3) is 0 Å². The van der Waals surface area contributed by atoms with Crippen molar-refractivity contribution in [3.8, 4) is 0 Å². The molecule has 0 saturated carbocycles. The second kappa shape index (κ2) is 8.03. The second-order valence-corrected chi connectivity index (χ2v) is 6.73. The lowest BCUT2D eigenvalue weighted by Gasteiger charge is -2.27. The molecule has 2 nitrogen and oxygen atoms in total. The number of aliphatic hydroxyl groups is 1. The minimum Gasteiger partial charge on any atom is -0.388 e. The topological polar surface area (TPSA) is 23.5 Å². The van der Waals surface area contributed by atoms with Crippen LogP contribution >= 0.6 is 15.9 Å². The molecule has 0 aliphatic rings. The molecule has 1 N–H and O–H groups in total. The Bertz CT molecular complexity index is 381. The van der Waals surface area contributed by atoms with E-state index in [2.05, 4.69) is 48.6 Å². The van der Waals surface area contributed by atoms with Gasteiger partial charge in [-0.25, -0.2) is 0 Å². The Kier molecular flexibility index (Phi) is 7.05. The van der Waals surface area contributed by atoms with Crippen LogP contribution in [0.5, 0.6) is 0 Å². The fourth-order valence-corrected chi connectivity index (χ4v) is 2.71. The molecule has 0 aliphatic heterocycles. The van der Waals surface area contributed by atoms with Gasteiger partial charge in [-0.05, 0) is 50.4 Å². The molecule has 2 atom stereocenters. The Hall–Kier alpha value is -0.380. The second-order valence-electron chi connectivity index (χ2n) is 5.82. The van der Waals surface area contributed by atoms with E-state index >= 15 is 0 Å². The molecular weight excluding hydrogens is 302 g/mol. The lowest BCUT2D eigenvalue weighted by Crippen LogP contribution is -2.31. The average Bonchev–Trinajstić information content (AvgIpc) is 2.34. The number of hydrogen-bond donors (Lipinski definition) is 1. The summed E-state index contributed by atoms with van der Waals surface area (Å²) in [5, 5.41) is 10.2. The third kappa shape index (κ3) is 6.07. The van der Waals surface area contributed by atoms with Crippen LogP contribution in [0.15, 0.2) is 28.7 Å². The molecule has 19 heavy (non-hydrogen) atoms. The third-order valence-corrected chi connectivity index (χ3v) is 4.05. The Morgan fingerprint density at radius 3 is 2.53 bits per heavy atom. The van der Waals surface area contributed by atoms with Gasteiger partial charge in [-0.3, -0.25) is 0 Å². The molecule has 0 aromatic heterocycles. The van der Waals surface area contributed by atoms with Crippen molar-refractivity contribution in [2.75, 3.05) is 13.6 Å². The molecule has 0 bridgehead atoms. The minimum atomic E-state index is -0.383. The predicted octanol–water partition coefficient (Wildman–Crippen LogP) is 4.24. The first kappa shape index (κ1) is 16.7. The highest BCUT2D eigenvalue weighted by Crippen LogP contribution is 2.21. The molecule has 108 valence electrons. The van der Waals surface area contributed by atoms with Crippen molar-refractivity contribution in [3.05, 3.63) is 34.3 Å². The minimum absolute atomic E-state index is 0.383. The van der Waals surface area contributed by atoms with Crippen LogP contribution in [0.3, 0.4) is 0 Å². The molecule has 0 saturated heterocycles. The summed E-state index contributed by atoms with van der Waals surface area (Å²) in [6.07, 6.45) is 1.59. The van der Waals surface area contributed by atoms with Gasteiger partial charge in [0.25, 0.3) is 0 Å². The normalized spacial score (nSPS) is 14.9. The molecule has 1 aromatic rings. The van der Waals surface area contributed by atoms with E-state index in [1.54, 1.807) is 0 Å². The van der Waals surface area contributed by atoms with Crippen molar-refractivity contribution >= 4 is 15.9 Å². The number of aliphatic hydroxyl groups excluding tert-OH is 1. The van der Waals surface area contributed by atoms with Gasteiger partial charge in [0.05, 0.1) is 6.10 Å². The van der Waals surface area contributed by atoms with Crippen LogP contribution in [0, 0.1) is 5.92 Å². The summed E-state index contributed by atoms with van der Waals surface area (Å²) in [6, 6.07) is 8.48. The van der Waals surface area contributed by atoms with Gasteiger partial charge in [-0.1, -0.05) is 41.9 Å². The molecule has 0 aliphatic carbocycles. The maximum Gasteiger partial charge on any atom is 0.0802 e. The van der Waals surface area contributed by atoms with Gasteiger partial charge in [0.15, 0.2) is 0 Å². The van der Waals surface area contributed by atoms with Crippen LogP contribution in [0.2, 0.25) is 0 Å². The molecule has 0 amide bonds. The number of hydrogen-bond acceptors (Lipinski definition) is 2. The highest BCUT2D eigenvalue weighted by atomic mass is 79.9. The Labute approximate surface area is 126 Å². The standard InChI is InChI=1S/C16H26BrNO/c1-12(2)10-13(3)18(4)9-8-16(19)14-6-5-7-15(17)11-14/h5-7,11-13,16,19H,8-10H2,1-4H3. The lowest BCUT2D eigenvalue weighted by molar-refractivity contribution is 0.134. The van der Waals surface area contributed by atoms with E-state index in [0.717, 1.165) is 23.0 Å². The highest BCUT2D eigenvalue weighted by Gasteiger charge is 2.14. The van der Waals surface area contributed by atoms with Gasteiger partial charge >= 0.3 is 0 Å². The number of nitrogens with zero attached hydrogens (tertiary/aromatic N) is 1. The Morgan fingerprint density at radius 1 is 1.26 bits per heavy atom. The van der Waals surface area contributed by atoms with Crippen molar-refractivity contribution in [2.45, 2.75) is 45.8 Å². The average molecular weight is 328 g/mol. The summed E-state index contributed by atoms with van der Waals surface area (Å²) >= 11 is 3.44. The van der Waals surface area contributed by atoms with E-state index < -0.39 is 0 Å². The number of benzene rings is 1. The molecule has 2 unspecified atom stereocenters. The first-order chi connectivity index (χ1) is 8.90. The SMILES string of the molecule is CC(C)CC(C)N(C)CCC(O)c1cccc(Br)c1. The summed E-state index contributed by atoms with van der Waals surface area (Å²) in [7, 11) is 2.14. The molecular formula is C16H26BrNO. The highest BCUT2D eigenvalue weighted by molar-refractivity contribution is 9.10. The molecule has 0 spiro atoms. The van der Waals surface area contributed by atoms with E-state index in [0.29, 0.717) is 12.0 Å². The van der Waals surface area contributed by atoms with E-state index in [-0.39, 0.29) is 6.10 Å². The lowest BCUT2D eigenvalue weighted by atomic mass is 10.0. The van der Waals surface area contributed by atoms with E-state index in [9.17, 15) is 5.11 Å². The van der Waals surface area contributed by atoms with Crippen molar-refractivity contribution in [2.24, 2.45) is 5.92 Å². The van der Waals surface area contributed by atoms with E-state index in [1.807, 2.05) is 24.3 Å². The zero-order valence-electron chi connectivity index (χ0n) is 12.4. The first-order valence-electron chi connectivity index (χ1n) is 7.04. The van der Waals surface area contributed by atoms with Crippen LogP contribution < -0.4 is 0 Å². The van der Waals surface area contributed by atoms with Crippen molar-refractivity contribution in [1.29, 1.82) is 0 Å². The summed E-state index contributed by atoms with van der Waals surface area (Å²) in [5.74, 6) is 0.715. The van der Waals surface area contributed by atoms with Gasteiger partial charge in [0, 0.05) is 17.1 Å². The summed E-state index contributed by atoms with van der Waals surface area (Å²) in [6.45, 7) is 7.68. The zero-order valence-corrected chi connectivity index (χ0v) is 14.0. The summed E-state index contributed by atoms with van der Waals surface area (Å²) in [4.78, 5) is 2.33. The molecule has 1 rings (SSSR count). The van der Waals surface area contributed by atoms with Crippen LogP contribution in [-0.4, -0.2) is 29.6 Å². The Morgan fingerprint density at radius 2 is 1.95 bits per heavy atom. The molecule has 0 heterocycles. The van der Waals surface area contributed by atoms with Gasteiger partial charge in [-0.2, -0.15) is 0 Å². The maximum atomic E-state index is 10.2. The number of rotatable bonds is 7. The largest absolute Gasteiger partial charge is 0.388 e. The van der Waals surface area contributed by atoms with Crippen molar-refractivity contribution in [3.63, 3.8) is 0 Å². The fraction of sp³-hybridized carbons (Fsp3) is 0.625. The van der Waals surface area contributed by atoms with Crippen LogP contribution in [0.4, 0.5) is 0 Å². The monoisotopic (exact) mass is 327 g/mol. The van der Waals surface area contributed by atoms with E-state index in [1.165, 1.54) is 6.42 Å². The zero-order chi connectivity index (χ0) is 14.4. The predicted molar refractivity (Wildman–Crippen MR) is 85.3 cm³/mol. The van der Waals surface area contributed by atoms with E-state index in [4.69, 9.17) is 0 Å². The fourth-order valence-electron chi connectivity index (χ4n) is 2.29. The van der Waals surface area contributed by atoms with Gasteiger partial charge in [0.2, 0.25) is 0 Å². The van der Waals surface area contributed by atoms with Gasteiger partial charge < -0.3 is 10.0 Å². The maximum absolute atomic E-state index is 10.2. The quantitative estimate of drug-likeness (QED) is 0.809. The van der Waals surface area contributed by atoms with Crippen molar-refractivity contribution < 1.29 is 5.11 Å². The van der Waals surface area contributed by atoms with Crippen LogP contribution in [-0.2, 0) is 0 Å². The van der Waals surface area contributed by atoms with Crippen molar-refractivity contribution in [1.82, 2.24) is 4.90 Å². The Balaban J connectivity index is 2.43. The van der Waals surface area contributed by atoms with Gasteiger partial charge in [-0.15, -0.1) is 0 Å². The van der Waals surface area contributed by atoms with Gasteiger partial charge in [0.1, 0.15) is 0 Å². The summed E-state index contributed by atoms with van der Waals surface area (Å²) < 4.78 is 1.02. The molecule has 3 heteroatoms. The molecule has 0 fully saturated rings. The molecule has 0 radical (unpaired) electrons. The smallest absolute Gasteiger partial charge is 0.0802 e. The number of halogens is 1. The first-order valence-corrected chi connectivity index (χ1v) is 7.83. The third-order valence-electron chi connectivity index (χ3n) is 3.55. The summed E-state index contributed by atoms with van der Waals surface area (Å²) in [5.41, 5.74) is 0.985.